The van der Waals surface area contributed by atoms with Crippen LogP contribution in [0.4, 0.5) is 0 Å². The fourth-order valence-electron chi connectivity index (χ4n) is 1.21. The summed E-state index contributed by atoms with van der Waals surface area (Å²) in [6, 6.07) is 7.49. The van der Waals surface area contributed by atoms with E-state index in [1.165, 1.54) is 7.11 Å². The minimum absolute atomic E-state index is 0.00562. The standard InChI is InChI=1S/C11H14O3S/c1-14-11(13)7-10(12)8-4-3-5-9(6-8)15-2/h3-6,10,12H,7H2,1-2H3. The van der Waals surface area contributed by atoms with E-state index in [-0.39, 0.29) is 6.42 Å². The summed E-state index contributed by atoms with van der Waals surface area (Å²) >= 11 is 1.60. The Morgan fingerprint density at radius 1 is 1.60 bits per heavy atom. The molecule has 0 bridgehead atoms. The first kappa shape index (κ1) is 12.1. The monoisotopic (exact) mass is 226 g/mol. The first-order chi connectivity index (χ1) is 7.17. The third kappa shape index (κ3) is 3.57. The summed E-state index contributed by atoms with van der Waals surface area (Å²) in [4.78, 5) is 12.0. The number of ether oxygens (including phenoxy) is 1. The Morgan fingerprint density at radius 2 is 2.33 bits per heavy atom. The number of carbonyl (C=O) groups is 1. The van der Waals surface area contributed by atoms with Crippen molar-refractivity contribution in [2.45, 2.75) is 17.4 Å². The van der Waals surface area contributed by atoms with Gasteiger partial charge in [-0.25, -0.2) is 0 Å². The Bertz CT molecular complexity index is 338. The van der Waals surface area contributed by atoms with E-state index < -0.39 is 12.1 Å². The van der Waals surface area contributed by atoms with Crippen LogP contribution in [0.15, 0.2) is 29.2 Å². The number of carbonyl (C=O) groups excluding carboxylic acids is 1. The molecule has 1 aromatic rings. The first-order valence-electron chi connectivity index (χ1n) is 4.56. The van der Waals surface area contributed by atoms with Crippen LogP contribution in [0, 0.1) is 0 Å². The molecule has 0 saturated carbocycles. The van der Waals surface area contributed by atoms with E-state index >= 15 is 0 Å². The predicted octanol–water partition coefficient (Wildman–Crippen LogP) is 2.00. The summed E-state index contributed by atoms with van der Waals surface area (Å²) in [6.07, 6.45) is 1.17. The van der Waals surface area contributed by atoms with E-state index in [0.717, 1.165) is 10.5 Å². The molecule has 0 heterocycles. The second-order valence-electron chi connectivity index (χ2n) is 3.07. The molecule has 0 fully saturated rings. The number of methoxy groups -OCH3 is 1. The first-order valence-corrected chi connectivity index (χ1v) is 5.78. The Morgan fingerprint density at radius 3 is 2.93 bits per heavy atom. The molecule has 82 valence electrons. The van der Waals surface area contributed by atoms with Gasteiger partial charge in [-0.05, 0) is 24.0 Å². The molecule has 0 aromatic heterocycles. The van der Waals surface area contributed by atoms with Crippen molar-refractivity contribution < 1.29 is 14.6 Å². The molecule has 0 amide bonds. The average Bonchev–Trinajstić information content (AvgIpc) is 2.28. The third-order valence-corrected chi connectivity index (χ3v) is 2.79. The van der Waals surface area contributed by atoms with E-state index in [1.807, 2.05) is 24.5 Å². The van der Waals surface area contributed by atoms with Crippen molar-refractivity contribution >= 4 is 17.7 Å². The lowest BCUT2D eigenvalue weighted by molar-refractivity contribution is -0.142. The van der Waals surface area contributed by atoms with E-state index in [1.54, 1.807) is 17.8 Å². The lowest BCUT2D eigenvalue weighted by atomic mass is 10.1. The minimum Gasteiger partial charge on any atom is -0.469 e. The maximum Gasteiger partial charge on any atom is 0.308 e. The Balaban J connectivity index is 2.72. The van der Waals surface area contributed by atoms with Crippen LogP contribution in [0.1, 0.15) is 18.1 Å². The zero-order valence-electron chi connectivity index (χ0n) is 8.77. The Kier molecular flexibility index (Phi) is 4.65. The van der Waals surface area contributed by atoms with E-state index in [0.29, 0.717) is 0 Å². The molecule has 0 aliphatic heterocycles. The van der Waals surface area contributed by atoms with Gasteiger partial charge < -0.3 is 9.84 Å². The second kappa shape index (κ2) is 5.78. The van der Waals surface area contributed by atoms with Crippen molar-refractivity contribution in [1.29, 1.82) is 0 Å². The highest BCUT2D eigenvalue weighted by Gasteiger charge is 2.13. The maximum absolute atomic E-state index is 11.0. The van der Waals surface area contributed by atoms with Crippen LogP contribution in [-0.2, 0) is 9.53 Å². The van der Waals surface area contributed by atoms with Gasteiger partial charge in [-0.1, -0.05) is 12.1 Å². The SMILES string of the molecule is COC(=O)CC(O)c1cccc(SC)c1. The summed E-state index contributed by atoms with van der Waals surface area (Å²) in [6.45, 7) is 0. The molecule has 1 unspecified atom stereocenters. The van der Waals surface area contributed by atoms with E-state index in [2.05, 4.69) is 4.74 Å². The van der Waals surface area contributed by atoms with Gasteiger partial charge in [0.2, 0.25) is 0 Å². The zero-order valence-corrected chi connectivity index (χ0v) is 9.58. The second-order valence-corrected chi connectivity index (χ2v) is 3.95. The quantitative estimate of drug-likeness (QED) is 0.630. The molecule has 1 atom stereocenters. The van der Waals surface area contributed by atoms with Gasteiger partial charge >= 0.3 is 5.97 Å². The van der Waals surface area contributed by atoms with E-state index in [4.69, 9.17) is 0 Å². The summed E-state index contributed by atoms with van der Waals surface area (Å²) in [5.74, 6) is -0.406. The largest absolute Gasteiger partial charge is 0.469 e. The molecule has 0 radical (unpaired) electrons. The van der Waals surface area contributed by atoms with Gasteiger partial charge in [-0.2, -0.15) is 0 Å². The summed E-state index contributed by atoms with van der Waals surface area (Å²) in [7, 11) is 1.31. The molecule has 0 saturated heterocycles. The fraction of sp³-hybridized carbons (Fsp3) is 0.364. The van der Waals surface area contributed by atoms with Crippen molar-refractivity contribution in [3.05, 3.63) is 29.8 Å². The minimum atomic E-state index is -0.787. The molecule has 3 nitrogen and oxygen atoms in total. The lowest BCUT2D eigenvalue weighted by Gasteiger charge is -2.10. The van der Waals surface area contributed by atoms with Crippen molar-refractivity contribution in [3.8, 4) is 0 Å². The zero-order chi connectivity index (χ0) is 11.3. The van der Waals surface area contributed by atoms with Crippen LogP contribution in [0.25, 0.3) is 0 Å². The van der Waals surface area contributed by atoms with Crippen molar-refractivity contribution in [1.82, 2.24) is 0 Å². The van der Waals surface area contributed by atoms with Crippen LogP contribution < -0.4 is 0 Å². The Labute approximate surface area is 93.4 Å². The summed E-state index contributed by atoms with van der Waals surface area (Å²) < 4.78 is 4.49. The number of hydrogen-bond acceptors (Lipinski definition) is 4. The lowest BCUT2D eigenvalue weighted by Crippen LogP contribution is -2.07. The number of aliphatic hydroxyl groups excluding tert-OH is 1. The molecule has 0 spiro atoms. The van der Waals surface area contributed by atoms with Crippen LogP contribution in [0.3, 0.4) is 0 Å². The van der Waals surface area contributed by atoms with Crippen molar-refractivity contribution in [3.63, 3.8) is 0 Å². The normalized spacial score (nSPS) is 12.2. The van der Waals surface area contributed by atoms with Gasteiger partial charge in [-0.3, -0.25) is 4.79 Å². The molecule has 1 aromatic carbocycles. The fourth-order valence-corrected chi connectivity index (χ4v) is 1.68. The van der Waals surface area contributed by atoms with Gasteiger partial charge in [0, 0.05) is 4.90 Å². The summed E-state index contributed by atoms with van der Waals surface area (Å²) in [5.41, 5.74) is 0.743. The molecule has 0 aliphatic rings. The summed E-state index contributed by atoms with van der Waals surface area (Å²) in [5, 5.41) is 9.73. The number of esters is 1. The average molecular weight is 226 g/mol. The van der Waals surface area contributed by atoms with Gasteiger partial charge in [0.25, 0.3) is 0 Å². The smallest absolute Gasteiger partial charge is 0.308 e. The van der Waals surface area contributed by atoms with Crippen LogP contribution >= 0.6 is 11.8 Å². The van der Waals surface area contributed by atoms with Gasteiger partial charge in [-0.15, -0.1) is 11.8 Å². The molecule has 1 N–H and O–H groups in total. The van der Waals surface area contributed by atoms with Crippen molar-refractivity contribution in [2.75, 3.05) is 13.4 Å². The number of hydrogen-bond donors (Lipinski definition) is 1. The predicted molar refractivity (Wildman–Crippen MR) is 59.8 cm³/mol. The Hall–Kier alpha value is -1.00. The van der Waals surface area contributed by atoms with Crippen LogP contribution in [-0.4, -0.2) is 24.4 Å². The molecule has 4 heteroatoms. The molecule has 1 rings (SSSR count). The van der Waals surface area contributed by atoms with Crippen molar-refractivity contribution in [2.24, 2.45) is 0 Å². The highest BCUT2D eigenvalue weighted by molar-refractivity contribution is 7.98. The van der Waals surface area contributed by atoms with Crippen LogP contribution in [0.5, 0.6) is 0 Å². The third-order valence-electron chi connectivity index (χ3n) is 2.07. The molecular weight excluding hydrogens is 212 g/mol. The number of aliphatic hydroxyl groups is 1. The van der Waals surface area contributed by atoms with Gasteiger partial charge in [0.1, 0.15) is 0 Å². The number of benzene rings is 1. The molecule has 0 aliphatic carbocycles. The number of thioether (sulfide) groups is 1. The highest BCUT2D eigenvalue weighted by atomic mass is 32.2. The number of rotatable bonds is 4. The molecular formula is C11H14O3S. The van der Waals surface area contributed by atoms with Gasteiger partial charge in [0.15, 0.2) is 0 Å². The van der Waals surface area contributed by atoms with Crippen LogP contribution in [0.2, 0.25) is 0 Å². The van der Waals surface area contributed by atoms with Gasteiger partial charge in [0.05, 0.1) is 19.6 Å². The topological polar surface area (TPSA) is 46.5 Å². The maximum atomic E-state index is 11.0. The highest BCUT2D eigenvalue weighted by Crippen LogP contribution is 2.22. The molecule has 15 heavy (non-hydrogen) atoms. The van der Waals surface area contributed by atoms with E-state index in [9.17, 15) is 9.90 Å².